The van der Waals surface area contributed by atoms with E-state index < -0.39 is 35.8 Å². The minimum atomic E-state index is -4.71. The van der Waals surface area contributed by atoms with Crippen LogP contribution in [0.2, 0.25) is 0 Å². The number of benzene rings is 2. The van der Waals surface area contributed by atoms with Crippen molar-refractivity contribution in [3.63, 3.8) is 0 Å². The first-order valence-electron chi connectivity index (χ1n) is 13.4. The van der Waals surface area contributed by atoms with E-state index in [9.17, 15) is 32.3 Å². The van der Waals surface area contributed by atoms with E-state index in [2.05, 4.69) is 5.32 Å². The van der Waals surface area contributed by atoms with Gasteiger partial charge in [0.05, 0.1) is 29.4 Å². The van der Waals surface area contributed by atoms with Gasteiger partial charge in [0.2, 0.25) is 11.8 Å². The van der Waals surface area contributed by atoms with Crippen molar-refractivity contribution < 1.29 is 32.3 Å². The minimum absolute atomic E-state index is 0.0123. The monoisotopic (exact) mass is 569 g/mol. The Morgan fingerprint density at radius 2 is 1.56 bits per heavy atom. The second-order valence-electron chi connectivity index (χ2n) is 10.1. The van der Waals surface area contributed by atoms with Gasteiger partial charge in [-0.05, 0) is 24.1 Å². The summed E-state index contributed by atoms with van der Waals surface area (Å²) in [6.45, 7) is 4.48. The van der Waals surface area contributed by atoms with Crippen LogP contribution in [0, 0.1) is 0 Å². The zero-order chi connectivity index (χ0) is 29.5. The summed E-state index contributed by atoms with van der Waals surface area (Å²) in [5.74, 6) is -1.07. The van der Waals surface area contributed by atoms with Crippen LogP contribution in [-0.2, 0) is 20.6 Å². The smallest absolute Gasteiger partial charge is 0.339 e. The Morgan fingerprint density at radius 3 is 2.17 bits per heavy atom. The molecule has 0 radical (unpaired) electrons. The fourth-order valence-electron chi connectivity index (χ4n) is 5.80. The number of likely N-dealkylation sites (N-methyl/N-ethyl adjacent to an activating group) is 1. The van der Waals surface area contributed by atoms with Crippen molar-refractivity contribution in [2.24, 2.45) is 0 Å². The second-order valence-corrected chi connectivity index (χ2v) is 10.1. The number of alkyl halides is 3. The predicted molar refractivity (Wildman–Crippen MR) is 142 cm³/mol. The molecule has 9 nitrogen and oxygen atoms in total. The summed E-state index contributed by atoms with van der Waals surface area (Å²) < 4.78 is 42.0. The molecule has 0 spiro atoms. The molecule has 2 atom stereocenters. The number of hydrogen-bond donors (Lipinski definition) is 1. The molecule has 3 aliphatic rings. The standard InChI is InChI=1S/C29H30F3N5O4/c1-3-36-22-17-37(25(19-9-5-4-6-10-19)27(40)35-15-13-34(14-16-35)18(2)38)26(39)23(22)24(33-28(36)41)20-11-7-8-12-21(20)29(30,31)32/h4-12,24-25H,3,13-17H2,1-2H3,(H,33,41)/t24-,25+/m0/s1. The van der Waals surface area contributed by atoms with Crippen molar-refractivity contribution in [2.45, 2.75) is 32.1 Å². The number of carbonyl (C=O) groups excluding carboxylic acids is 4. The molecule has 3 aliphatic heterocycles. The first-order chi connectivity index (χ1) is 19.5. The van der Waals surface area contributed by atoms with Crippen molar-refractivity contribution in [1.29, 1.82) is 0 Å². The topological polar surface area (TPSA) is 93.3 Å². The van der Waals surface area contributed by atoms with Gasteiger partial charge in [-0.25, -0.2) is 4.79 Å². The first kappa shape index (κ1) is 28.2. The highest BCUT2D eigenvalue weighted by Crippen LogP contribution is 2.43. The summed E-state index contributed by atoms with van der Waals surface area (Å²) in [6, 6.07) is 10.5. The van der Waals surface area contributed by atoms with E-state index in [4.69, 9.17) is 0 Å². The summed E-state index contributed by atoms with van der Waals surface area (Å²) in [5.41, 5.74) is -0.368. The van der Waals surface area contributed by atoms with E-state index in [1.807, 2.05) is 0 Å². The van der Waals surface area contributed by atoms with Crippen LogP contribution >= 0.6 is 0 Å². The lowest BCUT2D eigenvalue weighted by molar-refractivity contribution is -0.146. The number of nitrogens with one attached hydrogen (secondary N) is 1. The Morgan fingerprint density at radius 1 is 0.951 bits per heavy atom. The maximum atomic E-state index is 14.2. The number of carbonyl (C=O) groups is 4. The van der Waals surface area contributed by atoms with Crippen LogP contribution in [0.3, 0.4) is 0 Å². The zero-order valence-electron chi connectivity index (χ0n) is 22.6. The highest BCUT2D eigenvalue weighted by atomic mass is 19.4. The Kier molecular flexibility index (Phi) is 7.50. The molecule has 0 bridgehead atoms. The normalized spacial score (nSPS) is 20.3. The third kappa shape index (κ3) is 5.14. The summed E-state index contributed by atoms with van der Waals surface area (Å²) in [7, 11) is 0. The number of amides is 5. The van der Waals surface area contributed by atoms with E-state index in [0.29, 0.717) is 18.7 Å². The molecule has 2 aromatic carbocycles. The van der Waals surface area contributed by atoms with Crippen LogP contribution in [0.1, 0.15) is 42.6 Å². The summed E-state index contributed by atoms with van der Waals surface area (Å²) in [4.78, 5) is 59.0. The second kappa shape index (κ2) is 10.9. The van der Waals surface area contributed by atoms with Crippen LogP contribution in [-0.4, -0.2) is 82.6 Å². The molecule has 0 aromatic heterocycles. The molecule has 5 rings (SSSR count). The summed E-state index contributed by atoms with van der Waals surface area (Å²) >= 11 is 0. The molecule has 3 heterocycles. The summed E-state index contributed by atoms with van der Waals surface area (Å²) in [5, 5.41) is 2.60. The van der Waals surface area contributed by atoms with E-state index >= 15 is 0 Å². The molecule has 1 fully saturated rings. The highest BCUT2D eigenvalue weighted by Gasteiger charge is 2.49. The number of hydrogen-bond acceptors (Lipinski definition) is 4. The molecule has 216 valence electrons. The molecule has 1 N–H and O–H groups in total. The van der Waals surface area contributed by atoms with Gasteiger partial charge in [-0.2, -0.15) is 13.2 Å². The molecule has 1 saturated heterocycles. The van der Waals surface area contributed by atoms with E-state index in [-0.39, 0.29) is 54.8 Å². The molecular weight excluding hydrogens is 539 g/mol. The Hall–Kier alpha value is -4.35. The lowest BCUT2D eigenvalue weighted by Crippen LogP contribution is -2.53. The van der Waals surface area contributed by atoms with Crippen LogP contribution in [0.25, 0.3) is 0 Å². The van der Waals surface area contributed by atoms with Gasteiger partial charge < -0.3 is 20.0 Å². The first-order valence-corrected chi connectivity index (χ1v) is 13.4. The van der Waals surface area contributed by atoms with Gasteiger partial charge in [0, 0.05) is 39.6 Å². The van der Waals surface area contributed by atoms with E-state index in [1.165, 1.54) is 34.9 Å². The number of urea groups is 1. The number of piperazine rings is 1. The molecule has 0 unspecified atom stereocenters. The number of halogens is 3. The zero-order valence-corrected chi connectivity index (χ0v) is 22.6. The predicted octanol–water partition coefficient (Wildman–Crippen LogP) is 3.32. The average Bonchev–Trinajstić information content (AvgIpc) is 3.29. The molecule has 2 aromatic rings. The van der Waals surface area contributed by atoms with Gasteiger partial charge in [-0.15, -0.1) is 0 Å². The molecule has 12 heteroatoms. The van der Waals surface area contributed by atoms with Crippen molar-refractivity contribution >= 4 is 23.8 Å². The maximum Gasteiger partial charge on any atom is 0.416 e. The van der Waals surface area contributed by atoms with Gasteiger partial charge in [-0.3, -0.25) is 19.3 Å². The number of nitrogens with zero attached hydrogens (tertiary/aromatic N) is 4. The van der Waals surface area contributed by atoms with Gasteiger partial charge in [0.1, 0.15) is 6.04 Å². The third-order valence-corrected chi connectivity index (χ3v) is 7.84. The van der Waals surface area contributed by atoms with E-state index in [1.54, 1.807) is 47.1 Å². The Labute approximate surface area is 235 Å². The quantitative estimate of drug-likeness (QED) is 0.598. The highest BCUT2D eigenvalue weighted by molar-refractivity contribution is 6.04. The van der Waals surface area contributed by atoms with Crippen LogP contribution in [0.4, 0.5) is 18.0 Å². The van der Waals surface area contributed by atoms with Gasteiger partial charge >= 0.3 is 12.2 Å². The minimum Gasteiger partial charge on any atom is -0.339 e. The molecule has 41 heavy (non-hydrogen) atoms. The van der Waals surface area contributed by atoms with Crippen LogP contribution < -0.4 is 5.32 Å². The van der Waals surface area contributed by atoms with Crippen molar-refractivity contribution in [1.82, 2.24) is 24.9 Å². The molecule has 0 aliphatic carbocycles. The Bertz CT molecular complexity index is 1400. The molecule has 0 saturated carbocycles. The fourth-order valence-corrected chi connectivity index (χ4v) is 5.80. The molecular formula is C29H30F3N5O4. The largest absolute Gasteiger partial charge is 0.416 e. The van der Waals surface area contributed by atoms with Gasteiger partial charge in [0.15, 0.2) is 0 Å². The van der Waals surface area contributed by atoms with Crippen molar-refractivity contribution in [3.05, 3.63) is 82.6 Å². The van der Waals surface area contributed by atoms with Crippen molar-refractivity contribution in [2.75, 3.05) is 39.3 Å². The SMILES string of the molecule is CCN1C(=O)N[C@@H](c2ccccc2C(F)(F)F)C2=C1CN([C@@H](C(=O)N1CCN(C(C)=O)CC1)c1ccccc1)C2=O. The number of rotatable bonds is 5. The van der Waals surface area contributed by atoms with E-state index in [0.717, 1.165) is 6.07 Å². The Balaban J connectivity index is 1.55. The van der Waals surface area contributed by atoms with Crippen LogP contribution in [0.5, 0.6) is 0 Å². The molecule has 5 amide bonds. The third-order valence-electron chi connectivity index (χ3n) is 7.84. The maximum absolute atomic E-state index is 14.2. The van der Waals surface area contributed by atoms with Gasteiger partial charge in [-0.1, -0.05) is 48.5 Å². The summed E-state index contributed by atoms with van der Waals surface area (Å²) in [6.07, 6.45) is -4.71. The van der Waals surface area contributed by atoms with Crippen LogP contribution in [0.15, 0.2) is 65.9 Å². The van der Waals surface area contributed by atoms with Crippen molar-refractivity contribution in [3.8, 4) is 0 Å². The lowest BCUT2D eigenvalue weighted by atomic mass is 9.91. The van der Waals surface area contributed by atoms with Gasteiger partial charge in [0.25, 0.3) is 5.91 Å². The fraction of sp³-hybridized carbons (Fsp3) is 0.379. The average molecular weight is 570 g/mol. The lowest BCUT2D eigenvalue weighted by Gasteiger charge is -2.38.